The third-order valence-electron chi connectivity index (χ3n) is 4.21. The van der Waals surface area contributed by atoms with E-state index in [-0.39, 0.29) is 18.4 Å². The van der Waals surface area contributed by atoms with Crippen LogP contribution in [-0.4, -0.2) is 24.9 Å². The van der Waals surface area contributed by atoms with Crippen LogP contribution in [0.5, 0.6) is 0 Å². The van der Waals surface area contributed by atoms with Crippen LogP contribution < -0.4 is 9.80 Å². The number of carbonyl (C=O) groups excluding carboxylic acids is 2. The molecule has 1 heterocycles. The van der Waals surface area contributed by atoms with E-state index >= 15 is 0 Å². The zero-order valence-corrected chi connectivity index (χ0v) is 13.5. The summed E-state index contributed by atoms with van der Waals surface area (Å²) < 4.78 is 0. The van der Waals surface area contributed by atoms with E-state index in [1.54, 1.807) is 4.90 Å². The molecule has 118 valence electrons. The molecule has 0 fully saturated rings. The average molecular weight is 308 g/mol. The van der Waals surface area contributed by atoms with Gasteiger partial charge >= 0.3 is 0 Å². The molecule has 0 N–H and O–H groups in total. The molecular formula is C19H20N2O2. The van der Waals surface area contributed by atoms with Crippen molar-refractivity contribution >= 4 is 23.2 Å². The summed E-state index contributed by atoms with van der Waals surface area (Å²) in [6, 6.07) is 15.6. The van der Waals surface area contributed by atoms with Gasteiger partial charge in [-0.3, -0.25) is 9.59 Å². The van der Waals surface area contributed by atoms with E-state index in [1.165, 1.54) is 17.4 Å². The van der Waals surface area contributed by atoms with Gasteiger partial charge in [0.15, 0.2) is 0 Å². The second-order valence-electron chi connectivity index (χ2n) is 5.86. The zero-order valence-electron chi connectivity index (χ0n) is 13.5. The summed E-state index contributed by atoms with van der Waals surface area (Å²) in [7, 11) is 0. The van der Waals surface area contributed by atoms with Gasteiger partial charge in [0, 0.05) is 24.8 Å². The number of hydrogen-bond acceptors (Lipinski definition) is 2. The van der Waals surface area contributed by atoms with Crippen LogP contribution >= 0.6 is 0 Å². The van der Waals surface area contributed by atoms with Crippen molar-refractivity contribution in [2.75, 3.05) is 22.9 Å². The van der Waals surface area contributed by atoms with Crippen LogP contribution in [0.2, 0.25) is 0 Å². The Hall–Kier alpha value is -2.62. The molecule has 1 aliphatic rings. The molecule has 23 heavy (non-hydrogen) atoms. The smallest absolute Gasteiger partial charge is 0.247 e. The summed E-state index contributed by atoms with van der Waals surface area (Å²) in [6.45, 7) is 4.23. The summed E-state index contributed by atoms with van der Waals surface area (Å²) in [6.07, 6.45) is 0.868. The highest BCUT2D eigenvalue weighted by Gasteiger charge is 2.26. The molecule has 0 aliphatic carbocycles. The maximum atomic E-state index is 12.7. The number of para-hydroxylation sites is 1. The van der Waals surface area contributed by atoms with Crippen molar-refractivity contribution in [1.82, 2.24) is 0 Å². The van der Waals surface area contributed by atoms with Gasteiger partial charge < -0.3 is 9.80 Å². The van der Waals surface area contributed by atoms with Crippen LogP contribution in [0, 0.1) is 6.92 Å². The molecule has 1 aliphatic heterocycles. The zero-order chi connectivity index (χ0) is 16.4. The lowest BCUT2D eigenvalue weighted by Crippen LogP contribution is -2.41. The Morgan fingerprint density at radius 1 is 1.09 bits per heavy atom. The maximum Gasteiger partial charge on any atom is 0.247 e. The summed E-state index contributed by atoms with van der Waals surface area (Å²) in [5, 5.41) is 0. The van der Waals surface area contributed by atoms with Crippen molar-refractivity contribution in [3.63, 3.8) is 0 Å². The molecule has 0 bridgehead atoms. The van der Waals surface area contributed by atoms with Crippen LogP contribution in [0.3, 0.4) is 0 Å². The predicted molar refractivity (Wildman–Crippen MR) is 91.7 cm³/mol. The molecule has 0 unspecified atom stereocenters. The van der Waals surface area contributed by atoms with Crippen molar-refractivity contribution in [2.24, 2.45) is 0 Å². The molecule has 0 atom stereocenters. The van der Waals surface area contributed by atoms with Gasteiger partial charge in [0.1, 0.15) is 6.54 Å². The quantitative estimate of drug-likeness (QED) is 0.874. The number of nitrogens with zero attached hydrogens (tertiary/aromatic N) is 2. The van der Waals surface area contributed by atoms with E-state index in [2.05, 4.69) is 0 Å². The van der Waals surface area contributed by atoms with Gasteiger partial charge in [0.05, 0.1) is 0 Å². The molecule has 0 saturated carbocycles. The van der Waals surface area contributed by atoms with Gasteiger partial charge in [-0.1, -0.05) is 35.9 Å². The van der Waals surface area contributed by atoms with Crippen LogP contribution in [0.25, 0.3) is 0 Å². The van der Waals surface area contributed by atoms with Crippen LogP contribution in [0.1, 0.15) is 18.1 Å². The van der Waals surface area contributed by atoms with E-state index in [9.17, 15) is 9.59 Å². The van der Waals surface area contributed by atoms with E-state index < -0.39 is 0 Å². The van der Waals surface area contributed by atoms with Crippen molar-refractivity contribution in [1.29, 1.82) is 0 Å². The summed E-state index contributed by atoms with van der Waals surface area (Å²) in [5.74, 6) is -0.180. The second kappa shape index (κ2) is 6.24. The molecule has 2 aromatic carbocycles. The topological polar surface area (TPSA) is 40.6 Å². The molecule has 0 aromatic heterocycles. The first-order valence-corrected chi connectivity index (χ1v) is 7.79. The Balaban J connectivity index is 1.80. The molecule has 3 rings (SSSR count). The highest BCUT2D eigenvalue weighted by molar-refractivity contribution is 6.03. The van der Waals surface area contributed by atoms with E-state index in [0.29, 0.717) is 6.54 Å². The lowest BCUT2D eigenvalue weighted by Gasteiger charge is -2.24. The minimum absolute atomic E-state index is 0.0503. The Bertz CT molecular complexity index is 737. The number of benzene rings is 2. The summed E-state index contributed by atoms with van der Waals surface area (Å²) in [4.78, 5) is 28.0. The largest absolute Gasteiger partial charge is 0.310 e. The van der Waals surface area contributed by atoms with Crippen molar-refractivity contribution < 1.29 is 9.59 Å². The van der Waals surface area contributed by atoms with Gasteiger partial charge in [-0.25, -0.2) is 0 Å². The highest BCUT2D eigenvalue weighted by Crippen LogP contribution is 2.28. The number of aryl methyl sites for hydroxylation is 1. The Labute approximate surface area is 136 Å². The minimum atomic E-state index is -0.130. The molecular weight excluding hydrogens is 288 g/mol. The normalized spacial score (nSPS) is 12.9. The van der Waals surface area contributed by atoms with Gasteiger partial charge in [0.2, 0.25) is 11.8 Å². The average Bonchev–Trinajstić information content (AvgIpc) is 2.97. The molecule has 2 aromatic rings. The van der Waals surface area contributed by atoms with Crippen molar-refractivity contribution in [3.05, 3.63) is 59.7 Å². The second-order valence-corrected chi connectivity index (χ2v) is 5.86. The highest BCUT2D eigenvalue weighted by atomic mass is 16.2. The van der Waals surface area contributed by atoms with E-state index in [0.717, 1.165) is 23.4 Å². The fraction of sp³-hybridized carbons (Fsp3) is 0.263. The maximum absolute atomic E-state index is 12.7. The third-order valence-corrected chi connectivity index (χ3v) is 4.21. The van der Waals surface area contributed by atoms with Crippen molar-refractivity contribution in [3.8, 4) is 0 Å². The first-order chi connectivity index (χ1) is 11.1. The standard InChI is InChI=1S/C19H20N2O2/c1-14-7-9-17(10-8-14)21(15(2)22)13-19(23)20-12-11-16-5-3-4-6-18(16)20/h3-10H,11-13H2,1-2H3. The minimum Gasteiger partial charge on any atom is -0.310 e. The fourth-order valence-corrected chi connectivity index (χ4v) is 2.93. The molecule has 2 amide bonds. The lowest BCUT2D eigenvalue weighted by atomic mass is 10.2. The Morgan fingerprint density at radius 2 is 1.78 bits per heavy atom. The monoisotopic (exact) mass is 308 g/mol. The predicted octanol–water partition coefficient (Wildman–Crippen LogP) is 2.94. The SMILES string of the molecule is CC(=O)N(CC(=O)N1CCc2ccccc21)c1ccc(C)cc1. The van der Waals surface area contributed by atoms with Crippen LogP contribution in [0.4, 0.5) is 11.4 Å². The summed E-state index contributed by atoms with van der Waals surface area (Å²) in [5.41, 5.74) is 4.02. The van der Waals surface area contributed by atoms with E-state index in [1.807, 2.05) is 55.5 Å². The van der Waals surface area contributed by atoms with E-state index in [4.69, 9.17) is 0 Å². The number of fused-ring (bicyclic) bond motifs is 1. The molecule has 0 spiro atoms. The van der Waals surface area contributed by atoms with Gasteiger partial charge in [-0.2, -0.15) is 0 Å². The number of hydrogen-bond donors (Lipinski definition) is 0. The first kappa shape index (κ1) is 15.3. The lowest BCUT2D eigenvalue weighted by molar-refractivity contribution is -0.121. The first-order valence-electron chi connectivity index (χ1n) is 7.79. The number of carbonyl (C=O) groups is 2. The Morgan fingerprint density at radius 3 is 2.48 bits per heavy atom. The Kier molecular flexibility index (Phi) is 4.15. The van der Waals surface area contributed by atoms with Crippen LogP contribution in [0.15, 0.2) is 48.5 Å². The molecule has 4 heteroatoms. The van der Waals surface area contributed by atoms with Gasteiger partial charge in [-0.15, -0.1) is 0 Å². The molecule has 4 nitrogen and oxygen atoms in total. The number of anilines is 2. The van der Waals surface area contributed by atoms with Crippen molar-refractivity contribution in [2.45, 2.75) is 20.3 Å². The van der Waals surface area contributed by atoms with Crippen LogP contribution in [-0.2, 0) is 16.0 Å². The molecule has 0 radical (unpaired) electrons. The number of amides is 2. The fourth-order valence-electron chi connectivity index (χ4n) is 2.93. The third kappa shape index (κ3) is 3.11. The number of rotatable bonds is 3. The summed E-state index contributed by atoms with van der Waals surface area (Å²) >= 11 is 0. The molecule has 0 saturated heterocycles. The van der Waals surface area contributed by atoms with Gasteiger partial charge in [-0.05, 0) is 37.1 Å². The van der Waals surface area contributed by atoms with Gasteiger partial charge in [0.25, 0.3) is 0 Å².